The van der Waals surface area contributed by atoms with Gasteiger partial charge in [0.25, 0.3) is 0 Å². The Morgan fingerprint density at radius 1 is 0.590 bits per heavy atom. The highest BCUT2D eigenvalue weighted by molar-refractivity contribution is 6.31. The van der Waals surface area contributed by atoms with E-state index in [1.54, 1.807) is 38.5 Å². The van der Waals surface area contributed by atoms with Gasteiger partial charge in [0.05, 0.1) is 21.1 Å². The molecule has 14 nitrogen and oxygen atoms in total. The van der Waals surface area contributed by atoms with E-state index in [2.05, 4.69) is 31.9 Å². The van der Waals surface area contributed by atoms with Crippen molar-refractivity contribution in [1.29, 1.82) is 0 Å². The average molecular weight is 1130 g/mol. The van der Waals surface area contributed by atoms with Crippen molar-refractivity contribution in [3.8, 4) is 0 Å². The van der Waals surface area contributed by atoms with Crippen LogP contribution in [0.2, 0.25) is 10.0 Å². The van der Waals surface area contributed by atoms with Crippen LogP contribution in [-0.4, -0.2) is 127 Å². The summed E-state index contributed by atoms with van der Waals surface area (Å²) in [5.74, 6) is -0.525. The van der Waals surface area contributed by atoms with Crippen molar-refractivity contribution in [3.63, 3.8) is 0 Å². The van der Waals surface area contributed by atoms with Crippen LogP contribution in [0.25, 0.3) is 0 Å². The molecule has 440 valence electrons. The molecule has 4 aliphatic rings. The van der Waals surface area contributed by atoms with E-state index in [0.717, 1.165) is 77.3 Å². The highest BCUT2D eigenvalue weighted by atomic mass is 35.5. The van der Waals surface area contributed by atoms with Crippen molar-refractivity contribution in [2.75, 3.05) is 80.8 Å². The number of urea groups is 2. The number of unbranched alkanes of at least 4 members (excludes halogenated alkanes) is 2. The summed E-state index contributed by atoms with van der Waals surface area (Å²) in [6.07, 6.45) is 21.8. The number of rotatable bonds is 26. The largest absolute Gasteiger partial charge is 0.385 e. The third kappa shape index (κ3) is 19.2. The van der Waals surface area contributed by atoms with Gasteiger partial charge in [0.15, 0.2) is 0 Å². The van der Waals surface area contributed by atoms with Crippen molar-refractivity contribution in [2.45, 2.75) is 178 Å². The number of likely N-dealkylation sites (N-methyl/N-ethyl adjacent to an activating group) is 2. The number of amides is 6. The Labute approximate surface area is 476 Å². The molecule has 0 bridgehead atoms. The quantitative estimate of drug-likeness (QED) is 0.0507. The molecule has 78 heavy (non-hydrogen) atoms. The van der Waals surface area contributed by atoms with E-state index < -0.39 is 22.7 Å². The van der Waals surface area contributed by atoms with Gasteiger partial charge in [-0.05, 0) is 115 Å². The molecule has 0 spiro atoms. The molecule has 6 amide bonds. The lowest BCUT2D eigenvalue weighted by Gasteiger charge is -2.47. The van der Waals surface area contributed by atoms with Gasteiger partial charge in [-0.25, -0.2) is 18.4 Å². The number of carbonyl (C=O) groups is 4. The van der Waals surface area contributed by atoms with Crippen molar-refractivity contribution >= 4 is 47.1 Å². The summed E-state index contributed by atoms with van der Waals surface area (Å²) in [5.41, 5.74) is -1.19. The van der Waals surface area contributed by atoms with E-state index in [-0.39, 0.29) is 57.8 Å². The van der Waals surface area contributed by atoms with E-state index in [1.165, 1.54) is 90.2 Å². The number of nitrogens with one attached hydrogen (secondary N) is 6. The average Bonchev–Trinajstić information content (AvgIpc) is 3.56. The number of halogens is 4. The number of carbonyl (C=O) groups excluding carboxylic acids is 4. The summed E-state index contributed by atoms with van der Waals surface area (Å²) in [7, 11) is 7.15. The predicted octanol–water partition coefficient (Wildman–Crippen LogP) is 11.2. The molecule has 2 aromatic carbocycles. The predicted molar refractivity (Wildman–Crippen MR) is 309 cm³/mol. The summed E-state index contributed by atoms with van der Waals surface area (Å²) >= 11 is 12.5. The Morgan fingerprint density at radius 2 is 0.974 bits per heavy atom. The van der Waals surface area contributed by atoms with E-state index in [1.807, 2.05) is 23.9 Å². The zero-order valence-electron chi connectivity index (χ0n) is 48.0. The normalized spacial score (nSPS) is 20.7. The second-order valence-corrected chi connectivity index (χ2v) is 23.7. The molecule has 6 atom stereocenters. The first-order valence-corrected chi connectivity index (χ1v) is 30.2. The Kier molecular flexibility index (Phi) is 28.2. The molecule has 0 aromatic heterocycles. The second-order valence-electron chi connectivity index (χ2n) is 22.9. The molecule has 6 N–H and O–H groups in total. The van der Waals surface area contributed by atoms with Crippen molar-refractivity contribution in [1.82, 2.24) is 41.7 Å². The van der Waals surface area contributed by atoms with Crippen LogP contribution < -0.4 is 31.9 Å². The molecule has 2 saturated heterocycles. The lowest BCUT2D eigenvalue weighted by Crippen LogP contribution is -2.58. The number of hydrogen-bond donors (Lipinski definition) is 6. The molecule has 2 saturated carbocycles. The monoisotopic (exact) mass is 1130 g/mol. The first kappa shape index (κ1) is 65.0. The highest BCUT2D eigenvalue weighted by Gasteiger charge is 2.47. The molecule has 18 heteroatoms. The van der Waals surface area contributed by atoms with Crippen LogP contribution in [-0.2, 0) is 30.1 Å². The van der Waals surface area contributed by atoms with Crippen molar-refractivity contribution in [2.24, 2.45) is 23.7 Å². The molecule has 2 aliphatic carbocycles. The van der Waals surface area contributed by atoms with Gasteiger partial charge < -0.3 is 51.2 Å². The molecule has 1 unspecified atom stereocenters. The Bertz CT molecular complexity index is 2010. The van der Waals surface area contributed by atoms with Crippen LogP contribution >= 0.6 is 23.2 Å². The minimum atomic E-state index is -0.986. The van der Waals surface area contributed by atoms with Crippen LogP contribution in [0, 0.1) is 35.3 Å². The topological polar surface area (TPSA) is 165 Å². The molecular weight excluding hydrogens is 1040 g/mol. The van der Waals surface area contributed by atoms with Gasteiger partial charge in [0.2, 0.25) is 11.8 Å². The maximum absolute atomic E-state index is 15.6. The number of benzene rings is 2. The summed E-state index contributed by atoms with van der Waals surface area (Å²) in [6, 6.07) is 9.91. The van der Waals surface area contributed by atoms with E-state index >= 15 is 8.78 Å². The number of hydrogen-bond acceptors (Lipinski definition) is 8. The van der Waals surface area contributed by atoms with Gasteiger partial charge >= 0.3 is 12.1 Å². The summed E-state index contributed by atoms with van der Waals surface area (Å²) < 4.78 is 41.7. The highest BCUT2D eigenvalue weighted by Crippen LogP contribution is 2.44. The lowest BCUT2D eigenvalue weighted by atomic mass is 9.71. The summed E-state index contributed by atoms with van der Waals surface area (Å²) in [5, 5.41) is 19.4. The zero-order chi connectivity index (χ0) is 56.5. The SMILES string of the molecule is CNC[C@H](CC1CCCCC1)NC(=O)N1CCCC([C@](CCCCOC)(NC(C)=O)c2cccc(Cl)c2F)C1.CNC[C@H](CC1CCCCC1)NC(=O)N1CCC[C@@H]([C@@](CCCCOC)(NC(C)=O)c2cccc(Cl)c2F)C1. The van der Waals surface area contributed by atoms with Gasteiger partial charge in [0.1, 0.15) is 11.6 Å². The van der Waals surface area contributed by atoms with Gasteiger partial charge in [0, 0.05) is 116 Å². The smallest absolute Gasteiger partial charge is 0.317 e. The Hall–Kier alpha value is -3.80. The minimum Gasteiger partial charge on any atom is -0.385 e. The van der Waals surface area contributed by atoms with Gasteiger partial charge in [-0.2, -0.15) is 0 Å². The standard InChI is InChI=1S/2C30H48ClFN4O3/c2*1-22(37)35-30(16-7-8-18-39-3,26-14-9-15-27(31)28(26)32)24-13-10-17-36(21-24)29(38)34-25(20-33-2)19-23-11-5-4-6-12-23/h2*9,14-15,23-25,33H,4-8,10-13,16-21H2,1-3H3,(H,34,38)(H,35,37)/t24?,25-,30-;24-,25+,30-/m01/s1. The maximum atomic E-state index is 15.6. The number of nitrogens with zero attached hydrogens (tertiary/aromatic N) is 2. The third-order valence-corrected chi connectivity index (χ3v) is 17.6. The first-order valence-electron chi connectivity index (χ1n) is 29.5. The molecule has 4 fully saturated rings. The zero-order valence-corrected chi connectivity index (χ0v) is 49.5. The van der Waals surface area contributed by atoms with Gasteiger partial charge in [-0.1, -0.05) is 112 Å². The maximum Gasteiger partial charge on any atom is 0.317 e. The third-order valence-electron chi connectivity index (χ3n) is 17.1. The second kappa shape index (κ2) is 33.8. The van der Waals surface area contributed by atoms with E-state index in [4.69, 9.17) is 32.7 Å². The Balaban J connectivity index is 0.000000287. The van der Waals surface area contributed by atoms with Gasteiger partial charge in [-0.3, -0.25) is 9.59 Å². The van der Waals surface area contributed by atoms with Crippen molar-refractivity contribution < 1.29 is 37.4 Å². The van der Waals surface area contributed by atoms with Crippen LogP contribution in [0.4, 0.5) is 18.4 Å². The number of likely N-dealkylation sites (tertiary alicyclic amines) is 2. The fraction of sp³-hybridized carbons (Fsp3) is 0.733. The molecule has 2 heterocycles. The van der Waals surface area contributed by atoms with E-state index in [9.17, 15) is 19.2 Å². The number of methoxy groups -OCH3 is 2. The number of ether oxygens (including phenoxy) is 2. The van der Waals surface area contributed by atoms with Crippen LogP contribution in [0.1, 0.15) is 166 Å². The molecule has 2 aromatic rings. The van der Waals surface area contributed by atoms with Crippen LogP contribution in [0.3, 0.4) is 0 Å². The lowest BCUT2D eigenvalue weighted by molar-refractivity contribution is -0.123. The Morgan fingerprint density at radius 3 is 1.32 bits per heavy atom. The van der Waals surface area contributed by atoms with Crippen LogP contribution in [0.15, 0.2) is 36.4 Å². The fourth-order valence-electron chi connectivity index (χ4n) is 13.4. The molecule has 6 rings (SSSR count). The minimum absolute atomic E-state index is 0.0298. The molecule has 0 radical (unpaired) electrons. The first-order chi connectivity index (χ1) is 37.6. The van der Waals surface area contributed by atoms with Crippen molar-refractivity contribution in [3.05, 3.63) is 69.2 Å². The number of piperidine rings is 2. The molecular formula is C60H96Cl2F2N8O6. The molecule has 2 aliphatic heterocycles. The van der Waals surface area contributed by atoms with E-state index in [0.29, 0.717) is 75.2 Å². The fourth-order valence-corrected chi connectivity index (χ4v) is 13.7. The van der Waals surface area contributed by atoms with Gasteiger partial charge in [-0.15, -0.1) is 0 Å². The van der Waals surface area contributed by atoms with Crippen LogP contribution in [0.5, 0.6) is 0 Å². The summed E-state index contributed by atoms with van der Waals surface area (Å²) in [6.45, 7) is 7.68. The summed E-state index contributed by atoms with van der Waals surface area (Å²) in [4.78, 5) is 56.0.